The van der Waals surface area contributed by atoms with Gasteiger partial charge in [0.2, 0.25) is 0 Å². The number of benzene rings is 2. The monoisotopic (exact) mass is 382 g/mol. The molecule has 0 N–H and O–H groups in total. The lowest BCUT2D eigenvalue weighted by atomic mass is 10.0. The summed E-state index contributed by atoms with van der Waals surface area (Å²) in [7, 11) is 0. The topological polar surface area (TPSA) is 35.5 Å². The van der Waals surface area contributed by atoms with Crippen LogP contribution in [0.1, 0.15) is 63.5 Å². The van der Waals surface area contributed by atoms with Crippen LogP contribution in [0.2, 0.25) is 0 Å². The van der Waals surface area contributed by atoms with Crippen molar-refractivity contribution in [3.05, 3.63) is 59.7 Å². The van der Waals surface area contributed by atoms with Gasteiger partial charge in [-0.15, -0.1) is 0 Å². The number of ether oxygens (including phenoxy) is 2. The van der Waals surface area contributed by atoms with E-state index in [0.29, 0.717) is 18.6 Å². The van der Waals surface area contributed by atoms with Crippen LogP contribution in [0.4, 0.5) is 0 Å². The van der Waals surface area contributed by atoms with E-state index in [2.05, 4.69) is 38.1 Å². The third-order valence-corrected chi connectivity index (χ3v) is 4.72. The maximum atomic E-state index is 12.3. The molecule has 3 heteroatoms. The number of hydrogen-bond donors (Lipinski definition) is 0. The van der Waals surface area contributed by atoms with Crippen LogP contribution in [0.15, 0.2) is 48.5 Å². The smallest absolute Gasteiger partial charge is 0.133 e. The van der Waals surface area contributed by atoms with Crippen molar-refractivity contribution in [1.29, 1.82) is 0 Å². The molecule has 0 spiro atoms. The van der Waals surface area contributed by atoms with E-state index in [0.717, 1.165) is 74.4 Å². The number of Topliss-reactive ketones (excluding diaryl/α,β-unsaturated/α-hetero) is 1. The fraction of sp³-hybridized carbons (Fsp3) is 0.480. The zero-order chi connectivity index (χ0) is 20.0. The molecule has 0 atom stereocenters. The molecule has 0 aromatic heterocycles. The second-order valence-electron chi connectivity index (χ2n) is 7.24. The lowest BCUT2D eigenvalue weighted by Crippen LogP contribution is -2.03. The highest BCUT2D eigenvalue weighted by molar-refractivity contribution is 5.78. The highest BCUT2D eigenvalue weighted by Gasteiger charge is 2.06. The predicted octanol–water partition coefficient (Wildman–Crippen LogP) is 6.18. The highest BCUT2D eigenvalue weighted by Crippen LogP contribution is 2.17. The Kier molecular flexibility index (Phi) is 10.2. The Morgan fingerprint density at radius 1 is 0.750 bits per heavy atom. The first-order valence-corrected chi connectivity index (χ1v) is 10.7. The van der Waals surface area contributed by atoms with Crippen LogP contribution >= 0.6 is 0 Å². The molecular formula is C25H34O3. The van der Waals surface area contributed by atoms with Crippen molar-refractivity contribution < 1.29 is 14.3 Å². The van der Waals surface area contributed by atoms with Crippen molar-refractivity contribution in [2.75, 3.05) is 13.2 Å². The van der Waals surface area contributed by atoms with Crippen LogP contribution in [0.5, 0.6) is 11.5 Å². The van der Waals surface area contributed by atoms with E-state index in [4.69, 9.17) is 9.47 Å². The zero-order valence-electron chi connectivity index (χ0n) is 17.4. The lowest BCUT2D eigenvalue weighted by Gasteiger charge is -2.08. The van der Waals surface area contributed by atoms with Crippen molar-refractivity contribution in [3.63, 3.8) is 0 Å². The standard InChI is InChI=1S/C25H34O3/c1-3-5-17-27-24-11-7-9-21(19-24)13-15-23(26)16-14-22-10-8-12-25(20-22)28-18-6-4-2/h7-12,19-20H,3-6,13-18H2,1-2H3. The first-order valence-electron chi connectivity index (χ1n) is 10.7. The third kappa shape index (κ3) is 8.60. The summed E-state index contributed by atoms with van der Waals surface area (Å²) in [6.07, 6.45) is 7.06. The number of carbonyl (C=O) groups is 1. The van der Waals surface area contributed by atoms with E-state index in [-0.39, 0.29) is 0 Å². The van der Waals surface area contributed by atoms with Crippen LogP contribution in [0.3, 0.4) is 0 Å². The number of aryl methyl sites for hydroxylation is 2. The minimum atomic E-state index is 0.301. The van der Waals surface area contributed by atoms with Gasteiger partial charge in [0.25, 0.3) is 0 Å². The summed E-state index contributed by atoms with van der Waals surface area (Å²) >= 11 is 0. The quantitative estimate of drug-likeness (QED) is 0.366. The van der Waals surface area contributed by atoms with Gasteiger partial charge in [-0.05, 0) is 61.1 Å². The number of rotatable bonds is 14. The van der Waals surface area contributed by atoms with Crippen molar-refractivity contribution in [2.24, 2.45) is 0 Å². The predicted molar refractivity (Wildman–Crippen MR) is 115 cm³/mol. The van der Waals surface area contributed by atoms with Gasteiger partial charge in [0, 0.05) is 12.8 Å². The minimum Gasteiger partial charge on any atom is -0.494 e. The highest BCUT2D eigenvalue weighted by atomic mass is 16.5. The Labute approximate surface area is 170 Å². The lowest BCUT2D eigenvalue weighted by molar-refractivity contribution is -0.119. The van der Waals surface area contributed by atoms with E-state index >= 15 is 0 Å². The van der Waals surface area contributed by atoms with Crippen LogP contribution in [-0.2, 0) is 17.6 Å². The molecule has 0 radical (unpaired) electrons. The molecule has 0 aliphatic rings. The number of unbranched alkanes of at least 4 members (excludes halogenated alkanes) is 2. The van der Waals surface area contributed by atoms with Gasteiger partial charge in [-0.3, -0.25) is 4.79 Å². The first kappa shape index (κ1) is 22.0. The Morgan fingerprint density at radius 3 is 1.64 bits per heavy atom. The molecule has 2 aromatic rings. The van der Waals surface area contributed by atoms with Crippen molar-refractivity contribution in [3.8, 4) is 11.5 Å². The fourth-order valence-electron chi connectivity index (χ4n) is 2.94. The molecular weight excluding hydrogens is 348 g/mol. The zero-order valence-corrected chi connectivity index (χ0v) is 17.4. The molecule has 2 rings (SSSR count). The molecule has 3 nitrogen and oxygen atoms in total. The van der Waals surface area contributed by atoms with E-state index in [9.17, 15) is 4.79 Å². The summed E-state index contributed by atoms with van der Waals surface area (Å²) in [6, 6.07) is 16.2. The van der Waals surface area contributed by atoms with Crippen molar-refractivity contribution in [2.45, 2.75) is 65.2 Å². The summed E-state index contributed by atoms with van der Waals surface area (Å²) in [5, 5.41) is 0. The SMILES string of the molecule is CCCCOc1cccc(CCC(=O)CCc2cccc(OCCCC)c2)c1. The number of ketones is 1. The maximum Gasteiger partial charge on any atom is 0.133 e. The average Bonchev–Trinajstić information content (AvgIpc) is 2.72. The molecule has 152 valence electrons. The molecule has 2 aromatic carbocycles. The summed E-state index contributed by atoms with van der Waals surface area (Å²) < 4.78 is 11.5. The first-order chi connectivity index (χ1) is 13.7. The third-order valence-electron chi connectivity index (χ3n) is 4.72. The van der Waals surface area contributed by atoms with Crippen LogP contribution in [0.25, 0.3) is 0 Å². The number of hydrogen-bond acceptors (Lipinski definition) is 3. The Hall–Kier alpha value is -2.29. The Bertz CT molecular complexity index is 649. The molecule has 28 heavy (non-hydrogen) atoms. The summed E-state index contributed by atoms with van der Waals surface area (Å²) in [4.78, 5) is 12.3. The summed E-state index contributed by atoms with van der Waals surface area (Å²) in [6.45, 7) is 5.81. The van der Waals surface area contributed by atoms with Crippen LogP contribution in [-0.4, -0.2) is 19.0 Å². The molecule has 0 aliphatic heterocycles. The minimum absolute atomic E-state index is 0.301. The van der Waals surface area contributed by atoms with Gasteiger partial charge in [0.1, 0.15) is 17.3 Å². The molecule has 0 unspecified atom stereocenters. The fourth-order valence-corrected chi connectivity index (χ4v) is 2.94. The Balaban J connectivity index is 1.74. The van der Waals surface area contributed by atoms with E-state index in [1.165, 1.54) is 0 Å². The van der Waals surface area contributed by atoms with Gasteiger partial charge in [0.05, 0.1) is 13.2 Å². The molecule has 0 heterocycles. The molecule has 0 saturated heterocycles. The van der Waals surface area contributed by atoms with Gasteiger partial charge in [-0.1, -0.05) is 51.0 Å². The van der Waals surface area contributed by atoms with E-state index < -0.39 is 0 Å². The molecule has 0 aliphatic carbocycles. The summed E-state index contributed by atoms with van der Waals surface area (Å²) in [5.74, 6) is 2.10. The van der Waals surface area contributed by atoms with Gasteiger partial charge < -0.3 is 9.47 Å². The normalized spacial score (nSPS) is 10.6. The molecule has 0 bridgehead atoms. The maximum absolute atomic E-state index is 12.3. The molecule has 0 fully saturated rings. The average molecular weight is 383 g/mol. The largest absolute Gasteiger partial charge is 0.494 e. The molecule has 0 saturated carbocycles. The number of carbonyl (C=O) groups excluding carboxylic acids is 1. The Morgan fingerprint density at radius 2 is 1.21 bits per heavy atom. The second kappa shape index (κ2) is 13.0. The van der Waals surface area contributed by atoms with E-state index in [1.807, 2.05) is 24.3 Å². The van der Waals surface area contributed by atoms with Crippen molar-refractivity contribution >= 4 is 5.78 Å². The second-order valence-corrected chi connectivity index (χ2v) is 7.24. The summed E-state index contributed by atoms with van der Waals surface area (Å²) in [5.41, 5.74) is 2.32. The van der Waals surface area contributed by atoms with Crippen LogP contribution in [0, 0.1) is 0 Å². The molecule has 0 amide bonds. The van der Waals surface area contributed by atoms with Gasteiger partial charge >= 0.3 is 0 Å². The van der Waals surface area contributed by atoms with Gasteiger partial charge in [-0.2, -0.15) is 0 Å². The van der Waals surface area contributed by atoms with Crippen molar-refractivity contribution in [1.82, 2.24) is 0 Å². The van der Waals surface area contributed by atoms with Gasteiger partial charge in [-0.25, -0.2) is 0 Å². The van der Waals surface area contributed by atoms with E-state index in [1.54, 1.807) is 0 Å². The van der Waals surface area contributed by atoms with Gasteiger partial charge in [0.15, 0.2) is 0 Å². The van der Waals surface area contributed by atoms with Crippen LogP contribution < -0.4 is 9.47 Å².